The molecule has 22 heavy (non-hydrogen) atoms. The van der Waals surface area contributed by atoms with Crippen LogP contribution in [-0.2, 0) is 20.1 Å². The van der Waals surface area contributed by atoms with Crippen LogP contribution in [0.4, 0.5) is 5.69 Å². The highest BCUT2D eigenvalue weighted by Gasteiger charge is 2.11. The van der Waals surface area contributed by atoms with Crippen LogP contribution in [0.1, 0.15) is 18.9 Å². The van der Waals surface area contributed by atoms with Crippen molar-refractivity contribution in [3.63, 3.8) is 0 Å². The minimum Gasteiger partial charge on any atom is -0.469 e. The Morgan fingerprint density at radius 3 is 2.82 bits per heavy atom. The molecule has 1 rings (SSSR count). The summed E-state index contributed by atoms with van der Waals surface area (Å²) in [7, 11) is 3.23. The smallest absolute Gasteiger partial charge is 0.306 e. The molecule has 0 bridgehead atoms. The van der Waals surface area contributed by atoms with Gasteiger partial charge in [0.15, 0.2) is 0 Å². The summed E-state index contributed by atoms with van der Waals surface area (Å²) in [5, 5.41) is 5.91. The molecule has 0 spiro atoms. The van der Waals surface area contributed by atoms with E-state index < -0.39 is 0 Å². The molecule has 0 aromatic heterocycles. The maximum atomic E-state index is 12.0. The van der Waals surface area contributed by atoms with Gasteiger partial charge in [0, 0.05) is 29.7 Å². The summed E-state index contributed by atoms with van der Waals surface area (Å²) in [5.74, 6) is 1.26. The summed E-state index contributed by atoms with van der Waals surface area (Å²) >= 11 is 1.67. The van der Waals surface area contributed by atoms with Crippen molar-refractivity contribution in [2.24, 2.45) is 5.92 Å². The Hall–Kier alpha value is -1.53. The Morgan fingerprint density at radius 1 is 1.36 bits per heavy atom. The minimum atomic E-state index is -0.188. The number of hydrogen-bond acceptors (Lipinski definition) is 5. The Balaban J connectivity index is 2.45. The monoisotopic (exact) mass is 324 g/mol. The van der Waals surface area contributed by atoms with Crippen LogP contribution in [0.5, 0.6) is 0 Å². The van der Waals surface area contributed by atoms with Crippen LogP contribution in [-0.4, -0.2) is 38.3 Å². The molecule has 0 saturated heterocycles. The van der Waals surface area contributed by atoms with Crippen LogP contribution in [0.25, 0.3) is 0 Å². The highest BCUT2D eigenvalue weighted by molar-refractivity contribution is 7.98. The lowest BCUT2D eigenvalue weighted by Crippen LogP contribution is -2.28. The third-order valence-corrected chi connectivity index (χ3v) is 4.13. The van der Waals surface area contributed by atoms with Crippen LogP contribution in [0.2, 0.25) is 0 Å². The minimum absolute atomic E-state index is 0.00449. The number of hydrogen-bond donors (Lipinski definition) is 2. The largest absolute Gasteiger partial charge is 0.469 e. The molecule has 6 heteroatoms. The lowest BCUT2D eigenvalue weighted by Gasteiger charge is -2.12. The van der Waals surface area contributed by atoms with Crippen molar-refractivity contribution in [3.05, 3.63) is 29.8 Å². The van der Waals surface area contributed by atoms with Crippen molar-refractivity contribution in [2.45, 2.75) is 19.1 Å². The molecule has 0 heterocycles. The van der Waals surface area contributed by atoms with Crippen LogP contribution in [0.3, 0.4) is 0 Å². The highest BCUT2D eigenvalue weighted by atomic mass is 32.2. The van der Waals surface area contributed by atoms with Crippen molar-refractivity contribution in [3.8, 4) is 0 Å². The average Bonchev–Trinajstić information content (AvgIpc) is 2.51. The van der Waals surface area contributed by atoms with E-state index in [0.29, 0.717) is 13.0 Å². The molecule has 0 saturated carbocycles. The van der Waals surface area contributed by atoms with Gasteiger partial charge in [-0.05, 0) is 24.7 Å². The summed E-state index contributed by atoms with van der Waals surface area (Å²) in [4.78, 5) is 23.0. The first-order valence-electron chi connectivity index (χ1n) is 7.25. The second-order valence-electron chi connectivity index (χ2n) is 5.03. The molecule has 1 atom stereocenters. The summed E-state index contributed by atoms with van der Waals surface area (Å²) in [6.07, 6.45) is 0.416. The molecule has 0 aliphatic rings. The van der Waals surface area contributed by atoms with Gasteiger partial charge in [0.1, 0.15) is 0 Å². The second kappa shape index (κ2) is 10.2. The van der Waals surface area contributed by atoms with E-state index in [1.807, 2.05) is 38.2 Å². The zero-order valence-corrected chi connectivity index (χ0v) is 14.2. The van der Waals surface area contributed by atoms with Crippen LogP contribution in [0.15, 0.2) is 24.3 Å². The Kier molecular flexibility index (Phi) is 8.62. The van der Waals surface area contributed by atoms with Crippen LogP contribution in [0, 0.1) is 5.92 Å². The fourth-order valence-corrected chi connectivity index (χ4v) is 2.72. The van der Waals surface area contributed by atoms with Gasteiger partial charge in [0.05, 0.1) is 13.5 Å². The van der Waals surface area contributed by atoms with E-state index in [9.17, 15) is 9.59 Å². The topological polar surface area (TPSA) is 67.4 Å². The summed E-state index contributed by atoms with van der Waals surface area (Å²) in [5.41, 5.74) is 1.92. The van der Waals surface area contributed by atoms with Crippen molar-refractivity contribution >= 4 is 29.3 Å². The van der Waals surface area contributed by atoms with E-state index in [1.165, 1.54) is 7.11 Å². The molecule has 5 nitrogen and oxygen atoms in total. The molecule has 122 valence electrons. The van der Waals surface area contributed by atoms with Gasteiger partial charge in [-0.2, -0.15) is 11.8 Å². The molecule has 0 aliphatic heterocycles. The molecule has 0 fully saturated rings. The van der Waals surface area contributed by atoms with Gasteiger partial charge in [0.25, 0.3) is 0 Å². The number of thioether (sulfide) groups is 1. The molecule has 1 unspecified atom stereocenters. The van der Waals surface area contributed by atoms with E-state index in [4.69, 9.17) is 0 Å². The van der Waals surface area contributed by atoms with Crippen LogP contribution < -0.4 is 10.6 Å². The quantitative estimate of drug-likeness (QED) is 0.539. The SMILES string of the molecule is CNCC(C)C(=O)Nc1cccc(CSCCC(=O)OC)c1. The number of carbonyl (C=O) groups is 2. The van der Waals surface area contributed by atoms with E-state index >= 15 is 0 Å². The van der Waals surface area contributed by atoms with E-state index in [2.05, 4.69) is 15.4 Å². The molecule has 1 aromatic rings. The number of anilines is 1. The molecule has 1 aromatic carbocycles. The van der Waals surface area contributed by atoms with E-state index in [0.717, 1.165) is 22.8 Å². The summed E-state index contributed by atoms with van der Waals surface area (Å²) in [6.45, 7) is 2.53. The normalized spacial score (nSPS) is 11.8. The lowest BCUT2D eigenvalue weighted by molar-refractivity contribution is -0.140. The Labute approximate surface area is 136 Å². The number of amides is 1. The molecule has 1 amide bonds. The predicted octanol–water partition coefficient (Wildman–Crippen LogP) is 2.28. The number of benzene rings is 1. The Morgan fingerprint density at radius 2 is 2.14 bits per heavy atom. The number of ether oxygens (including phenoxy) is 1. The van der Waals surface area contributed by atoms with E-state index in [-0.39, 0.29) is 17.8 Å². The third kappa shape index (κ3) is 6.95. The van der Waals surface area contributed by atoms with Gasteiger partial charge >= 0.3 is 5.97 Å². The number of nitrogens with one attached hydrogen (secondary N) is 2. The van der Waals surface area contributed by atoms with Gasteiger partial charge in [-0.1, -0.05) is 19.1 Å². The molecule has 0 aliphatic carbocycles. The van der Waals surface area contributed by atoms with Gasteiger partial charge in [-0.15, -0.1) is 0 Å². The lowest BCUT2D eigenvalue weighted by atomic mass is 10.1. The van der Waals surface area contributed by atoms with Gasteiger partial charge in [-0.3, -0.25) is 9.59 Å². The summed E-state index contributed by atoms with van der Waals surface area (Å²) < 4.78 is 4.60. The average molecular weight is 324 g/mol. The molecule has 0 radical (unpaired) electrons. The van der Waals surface area contributed by atoms with Crippen molar-refractivity contribution in [2.75, 3.05) is 31.8 Å². The highest BCUT2D eigenvalue weighted by Crippen LogP contribution is 2.17. The third-order valence-electron chi connectivity index (χ3n) is 3.10. The zero-order valence-electron chi connectivity index (χ0n) is 13.3. The second-order valence-corrected chi connectivity index (χ2v) is 6.13. The van der Waals surface area contributed by atoms with Gasteiger partial charge in [0.2, 0.25) is 5.91 Å². The summed E-state index contributed by atoms with van der Waals surface area (Å²) in [6, 6.07) is 7.79. The fourth-order valence-electron chi connectivity index (χ4n) is 1.85. The number of rotatable bonds is 9. The number of esters is 1. The van der Waals surface area contributed by atoms with Gasteiger partial charge < -0.3 is 15.4 Å². The van der Waals surface area contributed by atoms with Crippen molar-refractivity contribution in [1.29, 1.82) is 0 Å². The molecule has 2 N–H and O–H groups in total. The first kappa shape index (κ1) is 18.5. The van der Waals surface area contributed by atoms with Crippen molar-refractivity contribution < 1.29 is 14.3 Å². The van der Waals surface area contributed by atoms with E-state index in [1.54, 1.807) is 11.8 Å². The first-order valence-corrected chi connectivity index (χ1v) is 8.41. The zero-order chi connectivity index (χ0) is 16.4. The maximum Gasteiger partial charge on any atom is 0.306 e. The Bertz CT molecular complexity index is 494. The standard InChI is InChI=1S/C16H24N2O3S/c1-12(10-17-2)16(20)18-14-6-4-5-13(9-14)11-22-8-7-15(19)21-3/h4-6,9,12,17H,7-8,10-11H2,1-3H3,(H,18,20). The number of carbonyl (C=O) groups excluding carboxylic acids is 2. The van der Waals surface area contributed by atoms with Gasteiger partial charge in [-0.25, -0.2) is 0 Å². The maximum absolute atomic E-state index is 12.0. The number of methoxy groups -OCH3 is 1. The predicted molar refractivity (Wildman–Crippen MR) is 91.0 cm³/mol. The fraction of sp³-hybridized carbons (Fsp3) is 0.500. The first-order chi connectivity index (χ1) is 10.6. The van der Waals surface area contributed by atoms with Crippen molar-refractivity contribution in [1.82, 2.24) is 5.32 Å². The van der Waals surface area contributed by atoms with Crippen LogP contribution >= 0.6 is 11.8 Å². The molecular formula is C16H24N2O3S. The molecular weight excluding hydrogens is 300 g/mol.